The van der Waals surface area contributed by atoms with Gasteiger partial charge in [0.05, 0.1) is 4.92 Å². The highest BCUT2D eigenvalue weighted by Gasteiger charge is 2.25. The molecule has 0 aliphatic carbocycles. The van der Waals surface area contributed by atoms with Crippen molar-refractivity contribution in [1.82, 2.24) is 4.90 Å². The van der Waals surface area contributed by atoms with Gasteiger partial charge >= 0.3 is 0 Å². The molecule has 0 radical (unpaired) electrons. The summed E-state index contributed by atoms with van der Waals surface area (Å²) in [6, 6.07) is 11.2. The predicted octanol–water partition coefficient (Wildman–Crippen LogP) is 3.93. The van der Waals surface area contributed by atoms with Crippen molar-refractivity contribution in [3.63, 3.8) is 0 Å². The summed E-state index contributed by atoms with van der Waals surface area (Å²) in [5, 5.41) is 11.6. The highest BCUT2D eigenvalue weighted by molar-refractivity contribution is 5.78. The standard InChI is InChI=1S/C25H32N4O4/c1-19-6-8-22(16-20(19)2)33-18-25(30)28-14-12-26(13-15-28)21-7-9-23(29(31)32)24(17-21)27-10-4-3-5-11-27/h6-9,16-17H,3-5,10-15,18H2,1-2H3. The molecular formula is C25H32N4O4. The molecule has 0 N–H and O–H groups in total. The Morgan fingerprint density at radius 2 is 1.64 bits per heavy atom. The number of nitro benzene ring substituents is 1. The van der Waals surface area contributed by atoms with E-state index in [-0.39, 0.29) is 23.1 Å². The third-order valence-electron chi connectivity index (χ3n) is 6.69. The largest absolute Gasteiger partial charge is 0.484 e. The van der Waals surface area contributed by atoms with Crippen molar-refractivity contribution in [3.8, 4) is 5.75 Å². The molecule has 0 bridgehead atoms. The van der Waals surface area contributed by atoms with E-state index < -0.39 is 0 Å². The fourth-order valence-electron chi connectivity index (χ4n) is 4.51. The average Bonchev–Trinajstić information content (AvgIpc) is 2.84. The number of carbonyl (C=O) groups is 1. The Labute approximate surface area is 194 Å². The first-order chi connectivity index (χ1) is 15.9. The Balaban J connectivity index is 1.36. The molecule has 2 aromatic carbocycles. The van der Waals surface area contributed by atoms with Gasteiger partial charge in [0.25, 0.3) is 11.6 Å². The number of anilines is 2. The average molecular weight is 453 g/mol. The Bertz CT molecular complexity index is 1010. The first-order valence-electron chi connectivity index (χ1n) is 11.7. The number of hydrogen-bond acceptors (Lipinski definition) is 6. The summed E-state index contributed by atoms with van der Waals surface area (Å²) in [4.78, 5) is 30.1. The van der Waals surface area contributed by atoms with Gasteiger partial charge in [-0.3, -0.25) is 14.9 Å². The second kappa shape index (κ2) is 10.1. The number of rotatable bonds is 6. The molecule has 8 nitrogen and oxygen atoms in total. The summed E-state index contributed by atoms with van der Waals surface area (Å²) in [7, 11) is 0. The number of carbonyl (C=O) groups excluding carboxylic acids is 1. The van der Waals surface area contributed by atoms with Gasteiger partial charge in [-0.25, -0.2) is 0 Å². The van der Waals surface area contributed by atoms with Crippen LogP contribution in [0.4, 0.5) is 17.1 Å². The van der Waals surface area contributed by atoms with Crippen LogP contribution in [0.1, 0.15) is 30.4 Å². The quantitative estimate of drug-likeness (QED) is 0.488. The first-order valence-corrected chi connectivity index (χ1v) is 11.7. The van der Waals surface area contributed by atoms with Crippen LogP contribution < -0.4 is 14.5 Å². The number of aryl methyl sites for hydroxylation is 2. The van der Waals surface area contributed by atoms with Crippen LogP contribution in [0.2, 0.25) is 0 Å². The summed E-state index contributed by atoms with van der Waals surface area (Å²) >= 11 is 0. The topological polar surface area (TPSA) is 79.2 Å². The molecule has 0 unspecified atom stereocenters. The second-order valence-electron chi connectivity index (χ2n) is 8.88. The number of nitro groups is 1. The van der Waals surface area contributed by atoms with Crippen molar-refractivity contribution in [2.75, 3.05) is 55.7 Å². The van der Waals surface area contributed by atoms with Crippen LogP contribution in [0.15, 0.2) is 36.4 Å². The molecule has 2 saturated heterocycles. The molecule has 2 aliphatic heterocycles. The lowest BCUT2D eigenvalue weighted by molar-refractivity contribution is -0.384. The molecule has 1 amide bonds. The predicted molar refractivity (Wildman–Crippen MR) is 129 cm³/mol. The lowest BCUT2D eigenvalue weighted by atomic mass is 10.1. The van der Waals surface area contributed by atoms with E-state index in [4.69, 9.17) is 4.74 Å². The number of ether oxygens (including phenoxy) is 1. The summed E-state index contributed by atoms with van der Waals surface area (Å²) in [6.45, 7) is 8.39. The summed E-state index contributed by atoms with van der Waals surface area (Å²) in [5.74, 6) is 0.687. The summed E-state index contributed by atoms with van der Waals surface area (Å²) in [6.07, 6.45) is 3.30. The van der Waals surface area contributed by atoms with E-state index in [0.717, 1.165) is 37.2 Å². The van der Waals surface area contributed by atoms with E-state index in [0.29, 0.717) is 37.6 Å². The van der Waals surface area contributed by atoms with Crippen molar-refractivity contribution >= 4 is 23.0 Å². The summed E-state index contributed by atoms with van der Waals surface area (Å²) < 4.78 is 5.71. The van der Waals surface area contributed by atoms with E-state index >= 15 is 0 Å². The van der Waals surface area contributed by atoms with Crippen molar-refractivity contribution < 1.29 is 14.5 Å². The summed E-state index contributed by atoms with van der Waals surface area (Å²) in [5.41, 5.74) is 4.18. The molecule has 33 heavy (non-hydrogen) atoms. The zero-order valence-corrected chi connectivity index (χ0v) is 19.5. The maximum Gasteiger partial charge on any atom is 0.292 e. The van der Waals surface area contributed by atoms with Crippen LogP contribution in [0.3, 0.4) is 0 Å². The lowest BCUT2D eigenvalue weighted by Gasteiger charge is -2.36. The molecule has 2 heterocycles. The van der Waals surface area contributed by atoms with E-state index in [1.165, 1.54) is 12.0 Å². The van der Waals surface area contributed by atoms with Gasteiger partial charge in [-0.15, -0.1) is 0 Å². The Kier molecular flexibility index (Phi) is 7.01. The van der Waals surface area contributed by atoms with E-state index in [1.54, 1.807) is 6.07 Å². The Hall–Kier alpha value is -3.29. The van der Waals surface area contributed by atoms with Crippen LogP contribution in [0.5, 0.6) is 5.75 Å². The molecule has 176 valence electrons. The number of amides is 1. The molecule has 4 rings (SSSR count). The number of benzene rings is 2. The molecule has 2 aromatic rings. The highest BCUT2D eigenvalue weighted by atomic mass is 16.6. The van der Waals surface area contributed by atoms with Gasteiger partial charge in [0.2, 0.25) is 0 Å². The first kappa shape index (κ1) is 22.9. The van der Waals surface area contributed by atoms with E-state index in [9.17, 15) is 14.9 Å². The normalized spacial score (nSPS) is 16.6. The Morgan fingerprint density at radius 1 is 0.909 bits per heavy atom. The fraction of sp³-hybridized carbons (Fsp3) is 0.480. The smallest absolute Gasteiger partial charge is 0.292 e. The third-order valence-corrected chi connectivity index (χ3v) is 6.69. The van der Waals surface area contributed by atoms with Gasteiger partial charge in [0.15, 0.2) is 6.61 Å². The van der Waals surface area contributed by atoms with Crippen LogP contribution >= 0.6 is 0 Å². The lowest BCUT2D eigenvalue weighted by Crippen LogP contribution is -2.50. The molecule has 2 aliphatic rings. The van der Waals surface area contributed by atoms with Crippen molar-refractivity contribution in [3.05, 3.63) is 57.6 Å². The van der Waals surface area contributed by atoms with Crippen LogP contribution in [0, 0.1) is 24.0 Å². The van der Waals surface area contributed by atoms with Crippen LogP contribution in [-0.4, -0.2) is 61.6 Å². The monoisotopic (exact) mass is 452 g/mol. The number of piperazine rings is 1. The van der Waals surface area contributed by atoms with Gasteiger partial charge in [0.1, 0.15) is 11.4 Å². The van der Waals surface area contributed by atoms with Gasteiger partial charge in [-0.05, 0) is 68.5 Å². The minimum absolute atomic E-state index is 0.0226. The Morgan fingerprint density at radius 3 is 2.30 bits per heavy atom. The third kappa shape index (κ3) is 5.38. The minimum Gasteiger partial charge on any atom is -0.484 e. The maximum atomic E-state index is 12.6. The second-order valence-corrected chi connectivity index (χ2v) is 8.88. The molecular weight excluding hydrogens is 420 g/mol. The van der Waals surface area contributed by atoms with Crippen molar-refractivity contribution in [2.24, 2.45) is 0 Å². The molecule has 0 saturated carbocycles. The van der Waals surface area contributed by atoms with E-state index in [2.05, 4.69) is 9.80 Å². The minimum atomic E-state index is -0.292. The van der Waals surface area contributed by atoms with Gasteiger partial charge in [-0.1, -0.05) is 6.07 Å². The maximum absolute atomic E-state index is 12.6. The van der Waals surface area contributed by atoms with Gasteiger partial charge in [0, 0.05) is 51.0 Å². The SMILES string of the molecule is Cc1ccc(OCC(=O)N2CCN(c3ccc([N+](=O)[O-])c(N4CCCCC4)c3)CC2)cc1C. The molecule has 0 atom stereocenters. The zero-order valence-electron chi connectivity index (χ0n) is 19.5. The van der Waals surface area contributed by atoms with Crippen molar-refractivity contribution in [2.45, 2.75) is 33.1 Å². The highest BCUT2D eigenvalue weighted by Crippen LogP contribution is 2.34. The number of hydrogen-bond donors (Lipinski definition) is 0. The zero-order chi connectivity index (χ0) is 23.4. The molecule has 2 fully saturated rings. The van der Waals surface area contributed by atoms with Gasteiger partial charge in [-0.2, -0.15) is 0 Å². The van der Waals surface area contributed by atoms with Crippen molar-refractivity contribution in [1.29, 1.82) is 0 Å². The number of nitrogens with zero attached hydrogens (tertiary/aromatic N) is 4. The number of piperidine rings is 1. The van der Waals surface area contributed by atoms with Crippen LogP contribution in [-0.2, 0) is 4.79 Å². The van der Waals surface area contributed by atoms with E-state index in [1.807, 2.05) is 49.1 Å². The fourth-order valence-corrected chi connectivity index (χ4v) is 4.51. The molecule has 0 spiro atoms. The van der Waals surface area contributed by atoms with Crippen LogP contribution in [0.25, 0.3) is 0 Å². The van der Waals surface area contributed by atoms with Gasteiger partial charge < -0.3 is 19.4 Å². The molecule has 8 heteroatoms. The molecule has 0 aromatic heterocycles.